The van der Waals surface area contributed by atoms with Crippen molar-refractivity contribution in [2.45, 2.75) is 25.7 Å². The maximum absolute atomic E-state index is 16.4. The van der Waals surface area contributed by atoms with Crippen LogP contribution >= 0.6 is 0 Å². The van der Waals surface area contributed by atoms with Crippen LogP contribution in [0, 0.1) is 25.5 Å². The number of furan rings is 1. The summed E-state index contributed by atoms with van der Waals surface area (Å²) >= 11 is 0. The average Bonchev–Trinajstić information content (AvgIpc) is 3.37. The van der Waals surface area contributed by atoms with Gasteiger partial charge in [0.1, 0.15) is 23.0 Å². The van der Waals surface area contributed by atoms with Gasteiger partial charge in [0.25, 0.3) is 5.91 Å². The van der Waals surface area contributed by atoms with Crippen molar-refractivity contribution in [1.29, 1.82) is 0 Å². The van der Waals surface area contributed by atoms with Crippen LogP contribution < -0.4 is 5.32 Å². The van der Waals surface area contributed by atoms with Crippen LogP contribution in [0.15, 0.2) is 77.3 Å². The fourth-order valence-electron chi connectivity index (χ4n) is 5.50. The molecule has 0 saturated carbocycles. The lowest BCUT2D eigenvalue weighted by atomic mass is 9.76. The highest BCUT2D eigenvalue weighted by Gasteiger charge is 2.43. The Morgan fingerprint density at radius 3 is 2.38 bits per heavy atom. The van der Waals surface area contributed by atoms with E-state index in [1.54, 1.807) is 30.5 Å². The van der Waals surface area contributed by atoms with Crippen LogP contribution in [-0.2, 0) is 10.2 Å². The number of ketones is 1. The monoisotopic (exact) mass is 566 g/mol. The molecule has 1 fully saturated rings. The topological polar surface area (TPSA) is 81.4 Å². The maximum atomic E-state index is 16.4. The van der Waals surface area contributed by atoms with Crippen LogP contribution in [0.2, 0.25) is 0 Å². The van der Waals surface area contributed by atoms with Crippen molar-refractivity contribution in [2.24, 2.45) is 0 Å². The molecule has 8 heteroatoms. The van der Waals surface area contributed by atoms with Crippen LogP contribution in [0.25, 0.3) is 33.4 Å². The molecule has 3 heterocycles. The predicted molar refractivity (Wildman–Crippen MR) is 156 cm³/mol. The third-order valence-electron chi connectivity index (χ3n) is 7.98. The van der Waals surface area contributed by atoms with E-state index >= 15 is 8.78 Å². The summed E-state index contributed by atoms with van der Waals surface area (Å²) in [6, 6.07) is 18.6. The smallest absolute Gasteiger partial charge is 0.255 e. The van der Waals surface area contributed by atoms with E-state index in [1.807, 2.05) is 31.2 Å². The Morgan fingerprint density at radius 1 is 0.976 bits per heavy atom. The summed E-state index contributed by atoms with van der Waals surface area (Å²) in [4.78, 5) is 31.0. The number of hydrogen-bond donors (Lipinski definition) is 1. The van der Waals surface area contributed by atoms with Gasteiger partial charge in [0.2, 0.25) is 0 Å². The number of benzene rings is 3. The van der Waals surface area contributed by atoms with Gasteiger partial charge >= 0.3 is 0 Å². The van der Waals surface area contributed by atoms with E-state index in [1.165, 1.54) is 32.2 Å². The van der Waals surface area contributed by atoms with Crippen molar-refractivity contribution in [3.63, 3.8) is 0 Å². The second kappa shape index (κ2) is 10.6. The molecule has 212 valence electrons. The summed E-state index contributed by atoms with van der Waals surface area (Å²) in [7, 11) is 1.46. The van der Waals surface area contributed by atoms with Crippen LogP contribution in [0.1, 0.15) is 44.0 Å². The molecule has 42 heavy (non-hydrogen) atoms. The Bertz CT molecular complexity index is 1840. The minimum atomic E-state index is -0.738. The first-order valence-electron chi connectivity index (χ1n) is 13.6. The largest absolute Gasteiger partial charge is 0.455 e. The Morgan fingerprint density at radius 2 is 1.74 bits per heavy atom. The first-order chi connectivity index (χ1) is 20.2. The second-order valence-corrected chi connectivity index (χ2v) is 10.8. The van der Waals surface area contributed by atoms with Gasteiger partial charge in [-0.05, 0) is 61.4 Å². The number of amides is 1. The lowest BCUT2D eigenvalue weighted by Gasteiger charge is -2.40. The summed E-state index contributed by atoms with van der Waals surface area (Å²) in [5.41, 5.74) is 2.57. The molecule has 1 amide bonds. The lowest BCUT2D eigenvalue weighted by Crippen LogP contribution is -2.48. The lowest BCUT2D eigenvalue weighted by molar-refractivity contribution is -0.0621. The molecule has 0 spiro atoms. The van der Waals surface area contributed by atoms with Crippen LogP contribution in [0.4, 0.5) is 8.78 Å². The Labute approximate surface area is 241 Å². The van der Waals surface area contributed by atoms with Crippen molar-refractivity contribution < 1.29 is 27.5 Å². The molecule has 6 rings (SSSR count). The number of nitrogens with one attached hydrogen (secondary N) is 1. The van der Waals surface area contributed by atoms with Gasteiger partial charge < -0.3 is 14.5 Å². The number of Topliss-reactive ketones (excluding diaryl/α,β-unsaturated/α-hetero) is 1. The first kappa shape index (κ1) is 27.5. The van der Waals surface area contributed by atoms with Gasteiger partial charge in [-0.25, -0.2) is 8.78 Å². The van der Waals surface area contributed by atoms with E-state index < -0.39 is 23.0 Å². The molecular formula is C34H28F2N2O4. The number of ether oxygens (including phenoxy) is 1. The molecule has 1 saturated heterocycles. The first-order valence-corrected chi connectivity index (χ1v) is 13.6. The van der Waals surface area contributed by atoms with Crippen molar-refractivity contribution in [3.8, 4) is 22.5 Å². The van der Waals surface area contributed by atoms with Gasteiger partial charge in [0, 0.05) is 36.4 Å². The van der Waals surface area contributed by atoms with Crippen molar-refractivity contribution >= 4 is 22.7 Å². The quantitative estimate of drug-likeness (QED) is 0.216. The summed E-state index contributed by atoms with van der Waals surface area (Å²) in [6.45, 7) is 4.12. The molecule has 6 nitrogen and oxygen atoms in total. The molecule has 1 N–H and O–H groups in total. The number of pyridine rings is 1. The highest BCUT2D eigenvalue weighted by Crippen LogP contribution is 2.41. The summed E-state index contributed by atoms with van der Waals surface area (Å²) < 4.78 is 43.2. The number of nitrogens with zero attached hydrogens (tertiary/aromatic N) is 1. The molecule has 0 radical (unpaired) electrons. The minimum Gasteiger partial charge on any atom is -0.455 e. The van der Waals surface area contributed by atoms with Crippen LogP contribution in [0.3, 0.4) is 0 Å². The molecular weight excluding hydrogens is 538 g/mol. The zero-order valence-electron chi connectivity index (χ0n) is 23.4. The van der Waals surface area contributed by atoms with Crippen LogP contribution in [0.5, 0.6) is 0 Å². The molecule has 0 atom stereocenters. The van der Waals surface area contributed by atoms with E-state index in [0.29, 0.717) is 18.8 Å². The van der Waals surface area contributed by atoms with Gasteiger partial charge in [0.15, 0.2) is 5.78 Å². The number of halogens is 2. The zero-order chi connectivity index (χ0) is 29.6. The Kier molecular flexibility index (Phi) is 6.94. The maximum Gasteiger partial charge on any atom is 0.255 e. The number of rotatable bonds is 7. The number of aromatic nitrogens is 1. The van der Waals surface area contributed by atoms with E-state index in [9.17, 15) is 9.59 Å². The van der Waals surface area contributed by atoms with Gasteiger partial charge in [-0.15, -0.1) is 0 Å². The van der Waals surface area contributed by atoms with Crippen molar-refractivity contribution in [1.82, 2.24) is 10.3 Å². The number of fused-ring (bicyclic) bond motifs is 1. The molecule has 0 bridgehead atoms. The number of aryl methyl sites for hydroxylation is 1. The zero-order valence-corrected chi connectivity index (χ0v) is 23.4. The summed E-state index contributed by atoms with van der Waals surface area (Å²) in [6.07, 6.45) is 1.73. The van der Waals surface area contributed by atoms with E-state index in [2.05, 4.69) is 10.3 Å². The van der Waals surface area contributed by atoms with Gasteiger partial charge in [0.05, 0.1) is 35.3 Å². The number of carbonyl (C=O) groups is 2. The molecule has 2 aromatic heterocycles. The molecule has 1 aliphatic heterocycles. The molecule has 5 aromatic rings. The van der Waals surface area contributed by atoms with E-state index in [-0.39, 0.29) is 56.8 Å². The molecule has 0 aliphatic carbocycles. The fraction of sp³-hybridized carbons (Fsp3) is 0.206. The molecule has 1 aliphatic rings. The summed E-state index contributed by atoms with van der Waals surface area (Å²) in [5.74, 6) is -1.96. The van der Waals surface area contributed by atoms with E-state index in [4.69, 9.17) is 9.15 Å². The highest BCUT2D eigenvalue weighted by molar-refractivity contribution is 6.12. The normalized spacial score (nSPS) is 14.0. The number of hydrogen-bond acceptors (Lipinski definition) is 5. The van der Waals surface area contributed by atoms with Gasteiger partial charge in [-0.3, -0.25) is 14.6 Å². The van der Waals surface area contributed by atoms with Gasteiger partial charge in [-0.1, -0.05) is 35.9 Å². The average molecular weight is 567 g/mol. The van der Waals surface area contributed by atoms with Crippen molar-refractivity contribution in [2.75, 3.05) is 20.3 Å². The van der Waals surface area contributed by atoms with Crippen molar-refractivity contribution in [3.05, 3.63) is 113 Å². The fourth-order valence-corrected chi connectivity index (χ4v) is 5.50. The van der Waals surface area contributed by atoms with E-state index in [0.717, 1.165) is 11.3 Å². The third-order valence-corrected chi connectivity index (χ3v) is 7.98. The predicted octanol–water partition coefficient (Wildman–Crippen LogP) is 6.96. The second-order valence-electron chi connectivity index (χ2n) is 10.8. The highest BCUT2D eigenvalue weighted by atomic mass is 19.1. The molecule has 0 unspecified atom stereocenters. The standard InChI is InChI=1S/C34H28F2N2O4/c1-19-7-9-21(10-8-19)32-30(33(40)37-3)29-27(42-32)12-11-23(31(29)36)24-14-22(15-25(35)20(24)2)26(39)16-34(17-41-18-34)28-6-4-5-13-38-28/h4-15H,16-18H2,1-3H3,(H,37,40). The van der Waals surface area contributed by atoms with Gasteiger partial charge in [-0.2, -0.15) is 0 Å². The molecule has 3 aromatic carbocycles. The van der Waals surface area contributed by atoms with Crippen LogP contribution in [-0.4, -0.2) is 36.9 Å². The number of carbonyl (C=O) groups excluding carboxylic acids is 2. The minimum absolute atomic E-state index is 0.0142. The SMILES string of the molecule is CNC(=O)c1c(-c2ccc(C)cc2)oc2ccc(-c3cc(C(=O)CC4(c5ccccn5)COC4)cc(F)c3C)c(F)c12. The summed E-state index contributed by atoms with van der Waals surface area (Å²) in [5, 5.41) is 2.56. The third kappa shape index (κ3) is 4.58. The Hall–Kier alpha value is -4.69. The Balaban J connectivity index is 1.45.